The molecule has 1 saturated carbocycles. The van der Waals surface area contributed by atoms with Gasteiger partial charge in [-0.25, -0.2) is 0 Å². The number of fused-ring (bicyclic) bond motifs is 2. The van der Waals surface area contributed by atoms with Crippen LogP contribution in [0, 0.1) is 11.3 Å². The van der Waals surface area contributed by atoms with Crippen LogP contribution in [-0.4, -0.2) is 5.78 Å². The van der Waals surface area contributed by atoms with Gasteiger partial charge in [0.15, 0.2) is 5.78 Å². The highest BCUT2D eigenvalue weighted by atomic mass is 16.1. The van der Waals surface area contributed by atoms with E-state index in [1.165, 1.54) is 21.5 Å². The maximum absolute atomic E-state index is 13.6. The van der Waals surface area contributed by atoms with Crippen LogP contribution in [0.5, 0.6) is 0 Å². The fourth-order valence-corrected chi connectivity index (χ4v) is 4.85. The molecule has 0 unspecified atom stereocenters. The smallest absolute Gasteiger partial charge is 0.185 e. The lowest BCUT2D eigenvalue weighted by Gasteiger charge is -2.35. The van der Waals surface area contributed by atoms with Crippen molar-refractivity contribution in [1.29, 1.82) is 0 Å². The van der Waals surface area contributed by atoms with Gasteiger partial charge in [0.2, 0.25) is 0 Å². The molecule has 0 saturated heterocycles. The van der Waals surface area contributed by atoms with Gasteiger partial charge in [0.1, 0.15) is 0 Å². The molecule has 1 heteroatoms. The predicted octanol–water partition coefficient (Wildman–Crippen LogP) is 8.49. The second-order valence-corrected chi connectivity index (χ2v) is 10.4. The van der Waals surface area contributed by atoms with E-state index in [2.05, 4.69) is 118 Å². The SMILES string of the molecule is CC(C)(C)C1C/C(=C\c2ccc3ccccc3c2)C(=O)/C(=C/c2ccc3ccccc3c2)C1. The Bertz CT molecular complexity index is 1310. The molecule has 0 N–H and O–H groups in total. The molecule has 0 amide bonds. The van der Waals surface area contributed by atoms with Gasteiger partial charge in [0, 0.05) is 11.1 Å². The van der Waals surface area contributed by atoms with Crippen LogP contribution in [0.1, 0.15) is 44.7 Å². The largest absolute Gasteiger partial charge is 0.289 e. The van der Waals surface area contributed by atoms with Crippen LogP contribution in [-0.2, 0) is 4.79 Å². The van der Waals surface area contributed by atoms with E-state index in [1.807, 2.05) is 0 Å². The third-order valence-electron chi connectivity index (χ3n) is 6.97. The molecule has 1 fully saturated rings. The van der Waals surface area contributed by atoms with E-state index in [0.717, 1.165) is 35.1 Å². The number of rotatable bonds is 2. The first-order chi connectivity index (χ1) is 15.9. The molecule has 0 radical (unpaired) electrons. The molecule has 1 nitrogen and oxygen atoms in total. The van der Waals surface area contributed by atoms with E-state index >= 15 is 0 Å². The second kappa shape index (κ2) is 8.48. The highest BCUT2D eigenvalue weighted by Gasteiger charge is 2.34. The average molecular weight is 431 g/mol. The quantitative estimate of drug-likeness (QED) is 0.291. The third kappa shape index (κ3) is 4.54. The monoisotopic (exact) mass is 430 g/mol. The molecule has 4 aromatic rings. The van der Waals surface area contributed by atoms with Crippen LogP contribution in [0.4, 0.5) is 0 Å². The van der Waals surface area contributed by atoms with E-state index in [9.17, 15) is 4.79 Å². The van der Waals surface area contributed by atoms with Gasteiger partial charge in [0.25, 0.3) is 0 Å². The summed E-state index contributed by atoms with van der Waals surface area (Å²) in [6, 6.07) is 29.6. The topological polar surface area (TPSA) is 17.1 Å². The average Bonchev–Trinajstić information content (AvgIpc) is 2.80. The van der Waals surface area contributed by atoms with Crippen LogP contribution in [0.3, 0.4) is 0 Å². The molecule has 1 aliphatic rings. The highest BCUT2D eigenvalue weighted by molar-refractivity contribution is 6.14. The summed E-state index contributed by atoms with van der Waals surface area (Å²) in [5, 5.41) is 4.85. The van der Waals surface area contributed by atoms with E-state index in [0.29, 0.717) is 5.92 Å². The van der Waals surface area contributed by atoms with Crippen molar-refractivity contribution in [3.8, 4) is 0 Å². The number of Topliss-reactive ketones (excluding diaryl/α,β-unsaturated/α-hetero) is 1. The highest BCUT2D eigenvalue weighted by Crippen LogP contribution is 2.42. The van der Waals surface area contributed by atoms with Gasteiger partial charge in [-0.1, -0.05) is 93.6 Å². The zero-order valence-corrected chi connectivity index (χ0v) is 19.6. The van der Waals surface area contributed by atoms with Gasteiger partial charge in [-0.2, -0.15) is 0 Å². The fraction of sp³-hybridized carbons (Fsp3) is 0.219. The summed E-state index contributed by atoms with van der Waals surface area (Å²) >= 11 is 0. The molecule has 164 valence electrons. The second-order valence-electron chi connectivity index (χ2n) is 10.4. The Kier molecular flexibility index (Phi) is 5.50. The normalized spacial score (nSPS) is 19.6. The van der Waals surface area contributed by atoms with E-state index in [1.54, 1.807) is 0 Å². The van der Waals surface area contributed by atoms with Crippen LogP contribution in [0.25, 0.3) is 33.7 Å². The number of hydrogen-bond acceptors (Lipinski definition) is 1. The summed E-state index contributed by atoms with van der Waals surface area (Å²) < 4.78 is 0. The number of hydrogen-bond donors (Lipinski definition) is 0. The molecule has 4 aromatic carbocycles. The lowest BCUT2D eigenvalue weighted by molar-refractivity contribution is -0.113. The first kappa shape index (κ1) is 21.4. The van der Waals surface area contributed by atoms with Gasteiger partial charge in [0.05, 0.1) is 0 Å². The third-order valence-corrected chi connectivity index (χ3v) is 6.97. The van der Waals surface area contributed by atoms with Gasteiger partial charge in [-0.15, -0.1) is 0 Å². The number of benzene rings is 4. The zero-order chi connectivity index (χ0) is 23.0. The Morgan fingerprint density at radius 3 is 1.48 bits per heavy atom. The van der Waals surface area contributed by atoms with Crippen molar-refractivity contribution >= 4 is 39.5 Å². The Morgan fingerprint density at radius 2 is 1.06 bits per heavy atom. The lowest BCUT2D eigenvalue weighted by atomic mass is 9.68. The fourth-order valence-electron chi connectivity index (χ4n) is 4.85. The summed E-state index contributed by atoms with van der Waals surface area (Å²) in [6.45, 7) is 6.86. The first-order valence-electron chi connectivity index (χ1n) is 11.8. The Morgan fingerprint density at radius 1 is 0.636 bits per heavy atom. The van der Waals surface area contributed by atoms with Crippen LogP contribution >= 0.6 is 0 Å². The Balaban J connectivity index is 1.55. The number of carbonyl (C=O) groups excluding carboxylic acids is 1. The summed E-state index contributed by atoms with van der Waals surface area (Å²) in [4.78, 5) is 13.6. The molecule has 0 aliphatic heterocycles. The van der Waals surface area contributed by atoms with Crippen molar-refractivity contribution in [1.82, 2.24) is 0 Å². The minimum atomic E-state index is 0.131. The van der Waals surface area contributed by atoms with Crippen LogP contribution < -0.4 is 0 Å². The minimum Gasteiger partial charge on any atom is -0.289 e. The van der Waals surface area contributed by atoms with E-state index in [4.69, 9.17) is 0 Å². The van der Waals surface area contributed by atoms with Crippen molar-refractivity contribution in [2.45, 2.75) is 33.6 Å². The number of allylic oxidation sites excluding steroid dienone is 2. The molecule has 0 spiro atoms. The summed E-state index contributed by atoms with van der Waals surface area (Å²) in [5.74, 6) is 0.616. The predicted molar refractivity (Wildman–Crippen MR) is 141 cm³/mol. The standard InChI is InChI=1S/C32H30O/c1-32(2,3)30-20-28(18-22-12-14-24-8-4-6-10-26(24)16-22)31(33)29(21-30)19-23-13-15-25-9-5-7-11-27(25)17-23/h4-19,30H,20-21H2,1-3H3/b28-18+,29-19+. The molecule has 0 heterocycles. The molecule has 0 atom stereocenters. The summed E-state index contributed by atoms with van der Waals surface area (Å²) in [5.41, 5.74) is 4.16. The Labute approximate surface area is 196 Å². The maximum atomic E-state index is 13.6. The molecular weight excluding hydrogens is 400 g/mol. The van der Waals surface area contributed by atoms with Crippen molar-refractivity contribution < 1.29 is 4.79 Å². The molecule has 0 bridgehead atoms. The molecule has 33 heavy (non-hydrogen) atoms. The molecular formula is C32H30O. The minimum absolute atomic E-state index is 0.131. The van der Waals surface area contributed by atoms with Gasteiger partial charge >= 0.3 is 0 Å². The number of ketones is 1. The van der Waals surface area contributed by atoms with Gasteiger partial charge < -0.3 is 0 Å². The van der Waals surface area contributed by atoms with Crippen LogP contribution in [0.2, 0.25) is 0 Å². The zero-order valence-electron chi connectivity index (χ0n) is 19.6. The van der Waals surface area contributed by atoms with Crippen molar-refractivity contribution in [3.05, 3.63) is 107 Å². The van der Waals surface area contributed by atoms with Gasteiger partial charge in [-0.05, 0) is 81.1 Å². The van der Waals surface area contributed by atoms with Crippen molar-refractivity contribution in [2.24, 2.45) is 11.3 Å². The van der Waals surface area contributed by atoms with Gasteiger partial charge in [-0.3, -0.25) is 4.79 Å². The molecule has 5 rings (SSSR count). The molecule has 0 aromatic heterocycles. The summed E-state index contributed by atoms with van der Waals surface area (Å²) in [6.07, 6.45) is 5.87. The van der Waals surface area contributed by atoms with Crippen molar-refractivity contribution in [2.75, 3.05) is 0 Å². The van der Waals surface area contributed by atoms with E-state index < -0.39 is 0 Å². The molecule has 1 aliphatic carbocycles. The maximum Gasteiger partial charge on any atom is 0.185 e. The Hall–Kier alpha value is -3.45. The number of carbonyl (C=O) groups is 1. The first-order valence-corrected chi connectivity index (χ1v) is 11.8. The lowest BCUT2D eigenvalue weighted by Crippen LogP contribution is -2.29. The summed E-state index contributed by atoms with van der Waals surface area (Å²) in [7, 11) is 0. The van der Waals surface area contributed by atoms with Crippen molar-refractivity contribution in [3.63, 3.8) is 0 Å². The van der Waals surface area contributed by atoms with Crippen LogP contribution in [0.15, 0.2) is 96.1 Å². The van der Waals surface area contributed by atoms with E-state index in [-0.39, 0.29) is 11.2 Å².